The van der Waals surface area contributed by atoms with Crippen LogP contribution < -0.4 is 4.74 Å². The van der Waals surface area contributed by atoms with Crippen LogP contribution in [0.1, 0.15) is 21.7 Å². The predicted molar refractivity (Wildman–Crippen MR) is 112 cm³/mol. The van der Waals surface area contributed by atoms with E-state index >= 15 is 0 Å². The summed E-state index contributed by atoms with van der Waals surface area (Å²) in [5.74, 6) is 1.31. The van der Waals surface area contributed by atoms with Gasteiger partial charge in [0.25, 0.3) is 5.91 Å². The molecule has 1 aromatic heterocycles. The number of aromatic nitrogens is 2. The summed E-state index contributed by atoms with van der Waals surface area (Å²) in [6, 6.07) is 14.8. The summed E-state index contributed by atoms with van der Waals surface area (Å²) < 4.78 is 12.4. The van der Waals surface area contributed by atoms with Gasteiger partial charge in [0.05, 0.1) is 26.8 Å². The van der Waals surface area contributed by atoms with Gasteiger partial charge >= 0.3 is 0 Å². The van der Waals surface area contributed by atoms with Crippen molar-refractivity contribution in [3.8, 4) is 5.75 Å². The third-order valence-electron chi connectivity index (χ3n) is 4.60. The highest BCUT2D eigenvalue weighted by Crippen LogP contribution is 2.19. The van der Waals surface area contributed by atoms with Crippen molar-refractivity contribution in [3.63, 3.8) is 0 Å². The van der Waals surface area contributed by atoms with Gasteiger partial charge in [-0.25, -0.2) is 4.98 Å². The quantitative estimate of drug-likeness (QED) is 0.534. The predicted octanol–water partition coefficient (Wildman–Crippen LogP) is 3.88. The van der Waals surface area contributed by atoms with Gasteiger partial charge in [0.2, 0.25) is 0 Å². The van der Waals surface area contributed by atoms with Crippen molar-refractivity contribution >= 4 is 17.5 Å². The summed E-state index contributed by atoms with van der Waals surface area (Å²) in [5, 5.41) is 0.704. The third kappa shape index (κ3) is 5.37. The Kier molecular flexibility index (Phi) is 7.27. The third-order valence-corrected chi connectivity index (χ3v) is 4.97. The Morgan fingerprint density at radius 2 is 2.00 bits per heavy atom. The molecule has 0 spiro atoms. The van der Waals surface area contributed by atoms with Crippen molar-refractivity contribution in [2.45, 2.75) is 13.1 Å². The van der Waals surface area contributed by atoms with Gasteiger partial charge in [-0.05, 0) is 29.8 Å². The Labute approximate surface area is 175 Å². The molecule has 0 aliphatic rings. The number of rotatable bonds is 9. The SMILES string of the molecule is COCCN(Cc1nccn1Cc1ccccc1Cl)C(=O)c1cccc(OC)c1. The lowest BCUT2D eigenvalue weighted by Crippen LogP contribution is -2.34. The highest BCUT2D eigenvalue weighted by atomic mass is 35.5. The van der Waals surface area contributed by atoms with E-state index in [4.69, 9.17) is 21.1 Å². The molecule has 0 atom stereocenters. The maximum absolute atomic E-state index is 13.1. The molecule has 7 heteroatoms. The monoisotopic (exact) mass is 413 g/mol. The summed E-state index contributed by atoms with van der Waals surface area (Å²) in [7, 11) is 3.20. The minimum atomic E-state index is -0.103. The maximum Gasteiger partial charge on any atom is 0.254 e. The van der Waals surface area contributed by atoms with Gasteiger partial charge < -0.3 is 18.9 Å². The van der Waals surface area contributed by atoms with Crippen LogP contribution in [-0.4, -0.2) is 47.7 Å². The number of amides is 1. The number of hydrogen-bond donors (Lipinski definition) is 0. The Morgan fingerprint density at radius 3 is 2.76 bits per heavy atom. The second kappa shape index (κ2) is 10.1. The van der Waals surface area contributed by atoms with Crippen molar-refractivity contribution < 1.29 is 14.3 Å². The fourth-order valence-corrected chi connectivity index (χ4v) is 3.20. The molecule has 29 heavy (non-hydrogen) atoms. The van der Waals surface area contributed by atoms with Crippen molar-refractivity contribution in [3.05, 3.63) is 82.9 Å². The van der Waals surface area contributed by atoms with Gasteiger partial charge in [-0.1, -0.05) is 35.9 Å². The zero-order valence-corrected chi connectivity index (χ0v) is 17.3. The summed E-state index contributed by atoms with van der Waals surface area (Å²) in [4.78, 5) is 19.3. The number of imidazole rings is 1. The molecule has 0 aliphatic carbocycles. The minimum Gasteiger partial charge on any atom is -0.497 e. The van der Waals surface area contributed by atoms with Crippen LogP contribution in [0.4, 0.5) is 0 Å². The number of nitrogens with zero attached hydrogens (tertiary/aromatic N) is 3. The van der Waals surface area contributed by atoms with Crippen molar-refractivity contribution in [2.24, 2.45) is 0 Å². The fraction of sp³-hybridized carbons (Fsp3) is 0.273. The average molecular weight is 414 g/mol. The molecule has 3 aromatic rings. The van der Waals surface area contributed by atoms with Crippen molar-refractivity contribution in [1.82, 2.24) is 14.5 Å². The molecule has 0 aliphatic heterocycles. The van der Waals surface area contributed by atoms with Crippen LogP contribution in [0, 0.1) is 0 Å². The summed E-state index contributed by atoms with van der Waals surface area (Å²) in [6.07, 6.45) is 3.62. The fourth-order valence-electron chi connectivity index (χ4n) is 3.01. The molecule has 0 N–H and O–H groups in total. The molecule has 3 rings (SSSR count). The molecule has 1 heterocycles. The van der Waals surface area contributed by atoms with E-state index in [9.17, 15) is 4.79 Å². The van der Waals surface area contributed by atoms with Crippen LogP contribution in [0.25, 0.3) is 0 Å². The standard InChI is InChI=1S/C22H24ClN3O3/c1-28-13-12-26(22(27)17-7-5-8-19(14-17)29-2)16-21-24-10-11-25(21)15-18-6-3-4-9-20(18)23/h3-11,14H,12-13,15-16H2,1-2H3. The van der Waals surface area contributed by atoms with Gasteiger partial charge in [-0.15, -0.1) is 0 Å². The van der Waals surface area contributed by atoms with Crippen molar-refractivity contribution in [1.29, 1.82) is 0 Å². The molecule has 0 saturated heterocycles. The first kappa shape index (κ1) is 20.9. The zero-order valence-electron chi connectivity index (χ0n) is 16.5. The topological polar surface area (TPSA) is 56.6 Å². The Balaban J connectivity index is 1.81. The lowest BCUT2D eigenvalue weighted by molar-refractivity contribution is 0.0673. The molecule has 0 unspecified atom stereocenters. The highest BCUT2D eigenvalue weighted by Gasteiger charge is 2.19. The number of carbonyl (C=O) groups excluding carboxylic acids is 1. The molecular formula is C22H24ClN3O3. The lowest BCUT2D eigenvalue weighted by atomic mass is 10.2. The number of ether oxygens (including phenoxy) is 2. The lowest BCUT2D eigenvalue weighted by Gasteiger charge is -2.23. The maximum atomic E-state index is 13.1. The second-order valence-corrected chi connectivity index (χ2v) is 6.92. The number of benzene rings is 2. The zero-order chi connectivity index (χ0) is 20.6. The van der Waals surface area contributed by atoms with E-state index in [1.165, 1.54) is 0 Å². The van der Waals surface area contributed by atoms with E-state index in [2.05, 4.69) is 4.98 Å². The molecule has 152 valence electrons. The first-order valence-corrected chi connectivity index (χ1v) is 9.66. The Hall–Kier alpha value is -2.83. The van der Waals surface area contributed by atoms with Gasteiger partial charge in [0, 0.05) is 36.6 Å². The van der Waals surface area contributed by atoms with E-state index < -0.39 is 0 Å². The molecule has 0 bridgehead atoms. The van der Waals surface area contributed by atoms with E-state index in [1.807, 2.05) is 41.1 Å². The van der Waals surface area contributed by atoms with Crippen LogP contribution in [0.5, 0.6) is 5.75 Å². The van der Waals surface area contributed by atoms with Crippen LogP contribution in [0.15, 0.2) is 60.9 Å². The van der Waals surface area contributed by atoms with Crippen LogP contribution in [-0.2, 0) is 17.8 Å². The number of carbonyl (C=O) groups is 1. The van der Waals surface area contributed by atoms with Crippen molar-refractivity contribution in [2.75, 3.05) is 27.4 Å². The van der Waals surface area contributed by atoms with Gasteiger partial charge in [-0.3, -0.25) is 4.79 Å². The first-order chi connectivity index (χ1) is 14.1. The van der Waals surface area contributed by atoms with Gasteiger partial charge in [0.1, 0.15) is 11.6 Å². The number of methoxy groups -OCH3 is 2. The van der Waals surface area contributed by atoms with E-state index in [1.54, 1.807) is 43.5 Å². The molecular weight excluding hydrogens is 390 g/mol. The molecule has 0 radical (unpaired) electrons. The summed E-state index contributed by atoms with van der Waals surface area (Å²) in [6.45, 7) is 1.82. The highest BCUT2D eigenvalue weighted by molar-refractivity contribution is 6.31. The van der Waals surface area contributed by atoms with Crippen LogP contribution >= 0.6 is 11.6 Å². The van der Waals surface area contributed by atoms with E-state index in [-0.39, 0.29) is 5.91 Å². The van der Waals surface area contributed by atoms with Crippen LogP contribution in [0.3, 0.4) is 0 Å². The average Bonchev–Trinajstić information content (AvgIpc) is 3.18. The first-order valence-electron chi connectivity index (χ1n) is 9.28. The van der Waals surface area contributed by atoms with Crippen LogP contribution in [0.2, 0.25) is 5.02 Å². The molecule has 1 amide bonds. The Morgan fingerprint density at radius 1 is 1.17 bits per heavy atom. The molecule has 2 aromatic carbocycles. The number of halogens is 1. The number of hydrogen-bond acceptors (Lipinski definition) is 4. The Bertz CT molecular complexity index is 958. The van der Waals surface area contributed by atoms with E-state index in [0.717, 1.165) is 11.4 Å². The van der Waals surface area contributed by atoms with E-state index in [0.29, 0.717) is 42.6 Å². The summed E-state index contributed by atoms with van der Waals surface area (Å²) in [5.41, 5.74) is 1.56. The normalized spacial score (nSPS) is 10.7. The molecule has 6 nitrogen and oxygen atoms in total. The smallest absolute Gasteiger partial charge is 0.254 e. The largest absolute Gasteiger partial charge is 0.497 e. The molecule has 0 fully saturated rings. The second-order valence-electron chi connectivity index (χ2n) is 6.51. The van der Waals surface area contributed by atoms with Gasteiger partial charge in [0.15, 0.2) is 0 Å². The minimum absolute atomic E-state index is 0.103. The van der Waals surface area contributed by atoms with Gasteiger partial charge in [-0.2, -0.15) is 0 Å². The summed E-state index contributed by atoms with van der Waals surface area (Å²) >= 11 is 6.30. The molecule has 0 saturated carbocycles.